The number of hydrogen-bond acceptors (Lipinski definition) is 5. The number of nitrogens with one attached hydrogen (secondary N) is 1. The summed E-state index contributed by atoms with van der Waals surface area (Å²) in [6, 6.07) is 14.8. The van der Waals surface area contributed by atoms with Crippen molar-refractivity contribution < 1.29 is 19.4 Å². The lowest BCUT2D eigenvalue weighted by molar-refractivity contribution is -0.137. The summed E-state index contributed by atoms with van der Waals surface area (Å²) in [6.45, 7) is 9.31. The minimum Gasteiger partial charge on any atom is -0.494 e. The highest BCUT2D eigenvalue weighted by Crippen LogP contribution is 2.36. The molecule has 6 nitrogen and oxygen atoms in total. The number of hydrogen-bond donors (Lipinski definition) is 2. The Morgan fingerprint density at radius 3 is 2.47 bits per heavy atom. The van der Waals surface area contributed by atoms with Crippen LogP contribution >= 0.6 is 0 Å². The molecule has 0 radical (unpaired) electrons. The summed E-state index contributed by atoms with van der Waals surface area (Å²) in [6.07, 6.45) is 2.94. The van der Waals surface area contributed by atoms with E-state index in [0.29, 0.717) is 12.6 Å². The van der Waals surface area contributed by atoms with Gasteiger partial charge in [0.1, 0.15) is 5.75 Å². The fraction of sp³-hybridized carbons (Fsp3) is 0.500. The minimum atomic E-state index is -0.765. The molecule has 32 heavy (non-hydrogen) atoms. The van der Waals surface area contributed by atoms with Gasteiger partial charge in [-0.05, 0) is 81.0 Å². The predicted molar refractivity (Wildman–Crippen MR) is 129 cm³/mol. The highest BCUT2D eigenvalue weighted by atomic mass is 16.5. The summed E-state index contributed by atoms with van der Waals surface area (Å²) in [5.41, 5.74) is 4.17. The average molecular weight is 441 g/mol. The summed E-state index contributed by atoms with van der Waals surface area (Å²) in [7, 11) is 0. The van der Waals surface area contributed by atoms with Crippen LogP contribution < -0.4 is 15.0 Å². The summed E-state index contributed by atoms with van der Waals surface area (Å²) in [5, 5.41) is 12.9. The van der Waals surface area contributed by atoms with Crippen LogP contribution in [0.15, 0.2) is 42.5 Å². The van der Waals surface area contributed by atoms with E-state index >= 15 is 0 Å². The smallest absolute Gasteiger partial charge is 0.303 e. The first-order valence-corrected chi connectivity index (χ1v) is 11.8. The van der Waals surface area contributed by atoms with Crippen LogP contribution in [0.1, 0.15) is 57.9 Å². The zero-order valence-electron chi connectivity index (χ0n) is 19.5. The molecule has 1 aliphatic heterocycles. The first-order chi connectivity index (χ1) is 15.5. The van der Waals surface area contributed by atoms with Crippen LogP contribution in [0.5, 0.6) is 5.75 Å². The maximum atomic E-state index is 11.4. The van der Waals surface area contributed by atoms with Crippen LogP contribution in [0.4, 0.5) is 17.1 Å². The molecule has 1 unspecified atom stereocenters. The third-order valence-corrected chi connectivity index (χ3v) is 6.13. The van der Waals surface area contributed by atoms with E-state index < -0.39 is 5.97 Å². The highest BCUT2D eigenvalue weighted by molar-refractivity contribution is 5.77. The van der Waals surface area contributed by atoms with Gasteiger partial charge < -0.3 is 24.8 Å². The first-order valence-electron chi connectivity index (χ1n) is 11.8. The standard InChI is InChI=1S/C26H36N2O4/c1-4-19(18-26(29)30)20-7-12-25(28(5-2)22-13-15-31-16-14-22)24(17-20)27-21-8-10-23(11-9-21)32-6-3/h7-12,17,19,22,27H,4-6,13-16,18H2,1-3H3,(H,29,30). The van der Waals surface area contributed by atoms with Crippen molar-refractivity contribution in [3.05, 3.63) is 48.0 Å². The lowest BCUT2D eigenvalue weighted by Gasteiger charge is -2.37. The Bertz CT molecular complexity index is 863. The van der Waals surface area contributed by atoms with Gasteiger partial charge in [0, 0.05) is 31.5 Å². The Morgan fingerprint density at radius 2 is 1.88 bits per heavy atom. The number of anilines is 3. The molecule has 0 amide bonds. The van der Waals surface area contributed by atoms with Crippen molar-refractivity contribution in [2.75, 3.05) is 36.6 Å². The number of carboxylic acids is 1. The van der Waals surface area contributed by atoms with Gasteiger partial charge >= 0.3 is 5.97 Å². The molecule has 0 bridgehead atoms. The molecular weight excluding hydrogens is 404 g/mol. The van der Waals surface area contributed by atoms with Crippen molar-refractivity contribution in [2.24, 2.45) is 0 Å². The molecule has 3 rings (SSSR count). The molecule has 2 aromatic rings. The van der Waals surface area contributed by atoms with Crippen LogP contribution in [0.2, 0.25) is 0 Å². The van der Waals surface area contributed by atoms with Gasteiger partial charge in [0.15, 0.2) is 0 Å². The van der Waals surface area contributed by atoms with E-state index in [1.54, 1.807) is 0 Å². The number of benzene rings is 2. The van der Waals surface area contributed by atoms with Crippen LogP contribution in [0.3, 0.4) is 0 Å². The van der Waals surface area contributed by atoms with Crippen molar-refractivity contribution >= 4 is 23.0 Å². The molecular formula is C26H36N2O4. The topological polar surface area (TPSA) is 71.0 Å². The molecule has 2 N–H and O–H groups in total. The summed E-state index contributed by atoms with van der Waals surface area (Å²) in [5.74, 6) is 0.0665. The normalized spacial score (nSPS) is 15.2. The molecule has 1 aliphatic rings. The SMILES string of the molecule is CCOc1ccc(Nc2cc(C(CC)CC(=O)O)ccc2N(CC)C2CCOCC2)cc1. The highest BCUT2D eigenvalue weighted by Gasteiger charge is 2.24. The molecule has 6 heteroatoms. The van der Waals surface area contributed by atoms with Gasteiger partial charge in [0.2, 0.25) is 0 Å². The van der Waals surface area contributed by atoms with Crippen molar-refractivity contribution in [3.8, 4) is 5.75 Å². The Balaban J connectivity index is 1.96. The van der Waals surface area contributed by atoms with Gasteiger partial charge in [-0.15, -0.1) is 0 Å². The Kier molecular flexibility index (Phi) is 8.80. The van der Waals surface area contributed by atoms with Crippen LogP contribution in [-0.2, 0) is 9.53 Å². The molecule has 0 spiro atoms. The van der Waals surface area contributed by atoms with E-state index in [1.165, 1.54) is 0 Å². The van der Waals surface area contributed by atoms with Gasteiger partial charge in [-0.2, -0.15) is 0 Å². The Hall–Kier alpha value is -2.73. The molecule has 0 aliphatic carbocycles. The average Bonchev–Trinajstić information content (AvgIpc) is 2.81. The van der Waals surface area contributed by atoms with Gasteiger partial charge in [0.25, 0.3) is 0 Å². The minimum absolute atomic E-state index is 0.0133. The molecule has 1 fully saturated rings. The van der Waals surface area contributed by atoms with Crippen LogP contribution in [0.25, 0.3) is 0 Å². The van der Waals surface area contributed by atoms with Gasteiger partial charge in [-0.1, -0.05) is 13.0 Å². The summed E-state index contributed by atoms with van der Waals surface area (Å²) < 4.78 is 11.1. The quantitative estimate of drug-likeness (QED) is 0.460. The first kappa shape index (κ1) is 23.9. The Morgan fingerprint density at radius 1 is 1.16 bits per heavy atom. The fourth-order valence-corrected chi connectivity index (χ4v) is 4.45. The molecule has 174 valence electrons. The monoisotopic (exact) mass is 440 g/mol. The predicted octanol–water partition coefficient (Wildman–Crippen LogP) is 5.80. The number of carboxylic acid groups (broad SMARTS) is 1. The van der Waals surface area contributed by atoms with Gasteiger partial charge in [-0.25, -0.2) is 0 Å². The molecule has 2 aromatic carbocycles. The zero-order valence-corrected chi connectivity index (χ0v) is 19.5. The maximum Gasteiger partial charge on any atom is 0.303 e. The number of rotatable bonds is 11. The number of aliphatic carboxylic acids is 1. The van der Waals surface area contributed by atoms with Gasteiger partial charge in [-0.3, -0.25) is 4.79 Å². The van der Waals surface area contributed by atoms with E-state index in [4.69, 9.17) is 9.47 Å². The van der Waals surface area contributed by atoms with E-state index in [0.717, 1.165) is 67.4 Å². The zero-order chi connectivity index (χ0) is 22.9. The molecule has 1 atom stereocenters. The van der Waals surface area contributed by atoms with E-state index in [-0.39, 0.29) is 12.3 Å². The number of nitrogens with zero attached hydrogens (tertiary/aromatic N) is 1. The van der Waals surface area contributed by atoms with Gasteiger partial charge in [0.05, 0.1) is 24.4 Å². The molecule has 0 saturated carbocycles. The summed E-state index contributed by atoms with van der Waals surface area (Å²) >= 11 is 0. The van der Waals surface area contributed by atoms with Crippen molar-refractivity contribution in [2.45, 2.75) is 58.4 Å². The second-order valence-electron chi connectivity index (χ2n) is 8.19. The largest absolute Gasteiger partial charge is 0.494 e. The molecule has 1 saturated heterocycles. The molecule has 0 aromatic heterocycles. The third-order valence-electron chi connectivity index (χ3n) is 6.13. The number of ether oxygens (including phenoxy) is 2. The lowest BCUT2D eigenvalue weighted by atomic mass is 9.92. The van der Waals surface area contributed by atoms with E-state index in [2.05, 4.69) is 35.3 Å². The van der Waals surface area contributed by atoms with E-state index in [9.17, 15) is 9.90 Å². The van der Waals surface area contributed by atoms with Crippen molar-refractivity contribution in [3.63, 3.8) is 0 Å². The Labute approximate surface area is 191 Å². The lowest BCUT2D eigenvalue weighted by Crippen LogP contribution is -2.39. The fourth-order valence-electron chi connectivity index (χ4n) is 4.45. The second kappa shape index (κ2) is 11.8. The maximum absolute atomic E-state index is 11.4. The molecule has 1 heterocycles. The number of carbonyl (C=O) groups is 1. The van der Waals surface area contributed by atoms with Crippen molar-refractivity contribution in [1.82, 2.24) is 0 Å². The third kappa shape index (κ3) is 6.16. The van der Waals surface area contributed by atoms with Crippen LogP contribution in [0, 0.1) is 0 Å². The van der Waals surface area contributed by atoms with E-state index in [1.807, 2.05) is 38.1 Å². The second-order valence-corrected chi connectivity index (χ2v) is 8.19. The summed E-state index contributed by atoms with van der Waals surface area (Å²) in [4.78, 5) is 13.8. The van der Waals surface area contributed by atoms with Crippen molar-refractivity contribution in [1.29, 1.82) is 0 Å². The van der Waals surface area contributed by atoms with Crippen LogP contribution in [-0.4, -0.2) is 43.5 Å².